The van der Waals surface area contributed by atoms with Crippen molar-refractivity contribution in [2.24, 2.45) is 0 Å². The molecule has 5 aromatic carbocycles. The number of hydrogen-bond donors (Lipinski definition) is 2. The lowest BCUT2D eigenvalue weighted by atomic mass is 9.75. The van der Waals surface area contributed by atoms with Gasteiger partial charge in [0.2, 0.25) is 6.29 Å². The normalized spacial score (nSPS) is 15.5. The third-order valence-electron chi connectivity index (χ3n) is 9.27. The van der Waals surface area contributed by atoms with Gasteiger partial charge < -0.3 is 38.6 Å². The van der Waals surface area contributed by atoms with Crippen molar-refractivity contribution < 1.29 is 74.5 Å². The predicted octanol–water partition coefficient (Wildman–Crippen LogP) is 10.5. The molecule has 0 bridgehead atoms. The molecule has 0 fully saturated rings. The summed E-state index contributed by atoms with van der Waals surface area (Å²) in [7, 11) is 0. The summed E-state index contributed by atoms with van der Waals surface area (Å²) in [5, 5.41) is 25.5. The summed E-state index contributed by atoms with van der Waals surface area (Å²) < 4.78 is 130. The molecule has 10 nitrogen and oxygen atoms in total. The molecular formula is C47H48F6O10. The molecule has 0 aliphatic heterocycles. The molecule has 0 saturated carbocycles. The summed E-state index contributed by atoms with van der Waals surface area (Å²) in [5.41, 5.74) is -4.64. The van der Waals surface area contributed by atoms with Crippen LogP contribution in [-0.2, 0) is 31.3 Å². The van der Waals surface area contributed by atoms with Crippen molar-refractivity contribution in [1.29, 1.82) is 0 Å². The predicted molar refractivity (Wildman–Crippen MR) is 218 cm³/mol. The Hall–Kier alpha value is -5.81. The number of rotatable bonds is 17. The fourth-order valence-corrected chi connectivity index (χ4v) is 6.46. The van der Waals surface area contributed by atoms with Crippen molar-refractivity contribution >= 4 is 6.29 Å². The third kappa shape index (κ3) is 11.4. The number of hydrogen-bond acceptors (Lipinski definition) is 10. The topological polar surface area (TPSA) is 122 Å². The molecule has 0 spiro atoms. The van der Waals surface area contributed by atoms with E-state index in [4.69, 9.17) is 33.2 Å². The second kappa shape index (κ2) is 18.1. The van der Waals surface area contributed by atoms with Crippen molar-refractivity contribution in [3.05, 3.63) is 150 Å². The number of aldehydes is 1. The van der Waals surface area contributed by atoms with Crippen LogP contribution in [0.15, 0.2) is 133 Å². The van der Waals surface area contributed by atoms with Gasteiger partial charge in [-0.25, -0.2) is 0 Å². The molecular weight excluding hydrogens is 838 g/mol. The van der Waals surface area contributed by atoms with Crippen LogP contribution in [0.2, 0.25) is 0 Å². The lowest BCUT2D eigenvalue weighted by Gasteiger charge is -2.48. The smallest absolute Gasteiger partial charge is 0.447 e. The highest BCUT2D eigenvalue weighted by Crippen LogP contribution is 2.50. The highest BCUT2D eigenvalue weighted by Gasteiger charge is 2.70. The van der Waals surface area contributed by atoms with Gasteiger partial charge in [-0.1, -0.05) is 120 Å². The van der Waals surface area contributed by atoms with Crippen LogP contribution in [0.4, 0.5) is 26.3 Å². The monoisotopic (exact) mass is 886 g/mol. The maximum absolute atomic E-state index is 15.3. The molecule has 0 aromatic heterocycles. The fourth-order valence-electron chi connectivity index (χ4n) is 6.46. The van der Waals surface area contributed by atoms with E-state index in [0.717, 1.165) is 19.1 Å². The lowest BCUT2D eigenvalue weighted by Crippen LogP contribution is -2.74. The van der Waals surface area contributed by atoms with Crippen LogP contribution in [0, 0.1) is 0 Å². The van der Waals surface area contributed by atoms with Gasteiger partial charge in [0.05, 0.1) is 5.56 Å². The Kier molecular flexibility index (Phi) is 13.9. The van der Waals surface area contributed by atoms with E-state index in [0.29, 0.717) is 0 Å². The van der Waals surface area contributed by atoms with Gasteiger partial charge in [0.15, 0.2) is 0 Å². The molecule has 0 heterocycles. The molecule has 0 aliphatic carbocycles. The Labute approximate surface area is 360 Å². The minimum Gasteiger partial charge on any atom is -0.453 e. The first-order chi connectivity index (χ1) is 29.2. The van der Waals surface area contributed by atoms with Gasteiger partial charge in [0, 0.05) is 12.5 Å². The van der Waals surface area contributed by atoms with E-state index >= 15 is 13.2 Å². The van der Waals surface area contributed by atoms with Crippen molar-refractivity contribution in [2.45, 2.75) is 95.2 Å². The van der Waals surface area contributed by atoms with Gasteiger partial charge in [0.1, 0.15) is 35.4 Å². The third-order valence-corrected chi connectivity index (χ3v) is 9.27. The molecule has 3 unspecified atom stereocenters. The maximum Gasteiger partial charge on any atom is 0.447 e. The van der Waals surface area contributed by atoms with Crippen LogP contribution < -0.4 is 23.7 Å². The Bertz CT molecular complexity index is 2220. The zero-order valence-corrected chi connectivity index (χ0v) is 35.4. The summed E-state index contributed by atoms with van der Waals surface area (Å²) in [6, 6.07) is 30.6. The van der Waals surface area contributed by atoms with E-state index in [1.165, 1.54) is 145 Å². The standard InChI is InChI=1S/C47H48F6O10/c1-40(2,3)36-28-29-37(39(41(4,5)6)38(36)45(51,52)53)62-46(55,57-31-44(48,49)50)42(7,58-32-20-12-8-13-21-32)63-43(30-54,59-33-22-14-9-15-23-33)47(56,60-34-24-16-10-17-25-34)61-35-26-18-11-19-27-35/h8-30,55-56H,31H2,1-7H3. The number of carbonyl (C=O) groups is 1. The van der Waals surface area contributed by atoms with E-state index in [-0.39, 0.29) is 34.8 Å². The van der Waals surface area contributed by atoms with E-state index in [1.807, 2.05) is 0 Å². The van der Waals surface area contributed by atoms with Gasteiger partial charge in [-0.15, -0.1) is 0 Å². The summed E-state index contributed by atoms with van der Waals surface area (Å²) in [6.07, 6.45) is -10.5. The summed E-state index contributed by atoms with van der Waals surface area (Å²) in [4.78, 5) is 14.0. The highest BCUT2D eigenvalue weighted by molar-refractivity contribution is 5.63. The van der Waals surface area contributed by atoms with Gasteiger partial charge in [0.25, 0.3) is 0 Å². The maximum atomic E-state index is 15.3. The van der Waals surface area contributed by atoms with Gasteiger partial charge in [-0.3, -0.25) is 9.53 Å². The molecule has 3 atom stereocenters. The summed E-state index contributed by atoms with van der Waals surface area (Å²) in [5.74, 6) is -16.3. The van der Waals surface area contributed by atoms with E-state index < -0.39 is 70.2 Å². The minimum atomic E-state index is -5.25. The molecule has 0 amide bonds. The van der Waals surface area contributed by atoms with Gasteiger partial charge >= 0.3 is 35.9 Å². The number of ether oxygens (including phenoxy) is 7. The van der Waals surface area contributed by atoms with Crippen LogP contribution >= 0.6 is 0 Å². The number of benzene rings is 5. The fraction of sp³-hybridized carbons (Fsp3) is 0.340. The zero-order valence-electron chi connectivity index (χ0n) is 35.4. The Morgan fingerprint density at radius 1 is 0.492 bits per heavy atom. The zero-order chi connectivity index (χ0) is 46.5. The molecule has 2 N–H and O–H groups in total. The average molecular weight is 887 g/mol. The number of carbonyl (C=O) groups excluding carboxylic acids is 1. The molecule has 0 aliphatic rings. The molecule has 0 saturated heterocycles. The molecule has 16 heteroatoms. The largest absolute Gasteiger partial charge is 0.453 e. The minimum absolute atomic E-state index is 0.177. The number of para-hydroxylation sites is 4. The highest BCUT2D eigenvalue weighted by atomic mass is 19.4. The molecule has 0 radical (unpaired) electrons. The number of alkyl halides is 6. The van der Waals surface area contributed by atoms with Crippen molar-refractivity contribution in [1.82, 2.24) is 0 Å². The number of aliphatic hydroxyl groups is 2. The lowest BCUT2D eigenvalue weighted by molar-refractivity contribution is -0.502. The molecule has 5 aromatic rings. The van der Waals surface area contributed by atoms with Gasteiger partial charge in [-0.2, -0.15) is 26.3 Å². The van der Waals surface area contributed by atoms with E-state index in [2.05, 4.69) is 0 Å². The Morgan fingerprint density at radius 3 is 1.27 bits per heavy atom. The van der Waals surface area contributed by atoms with Crippen LogP contribution in [0.1, 0.15) is 65.2 Å². The molecule has 63 heavy (non-hydrogen) atoms. The second-order valence-electron chi connectivity index (χ2n) is 16.5. The quantitative estimate of drug-likeness (QED) is 0.0530. The van der Waals surface area contributed by atoms with Crippen LogP contribution in [0.5, 0.6) is 28.7 Å². The van der Waals surface area contributed by atoms with Crippen molar-refractivity contribution in [3.8, 4) is 28.7 Å². The van der Waals surface area contributed by atoms with Gasteiger partial charge in [-0.05, 0) is 71.0 Å². The summed E-state index contributed by atoms with van der Waals surface area (Å²) in [6.45, 7) is 7.22. The first-order valence-corrected chi connectivity index (χ1v) is 19.5. The number of halogens is 6. The first kappa shape index (κ1) is 48.2. The molecule has 5 rings (SSSR count). The molecule has 338 valence electrons. The van der Waals surface area contributed by atoms with Crippen LogP contribution in [0.3, 0.4) is 0 Å². The Balaban J connectivity index is 1.87. The first-order valence-electron chi connectivity index (χ1n) is 19.5. The van der Waals surface area contributed by atoms with Crippen LogP contribution in [0.25, 0.3) is 0 Å². The van der Waals surface area contributed by atoms with Crippen molar-refractivity contribution in [3.63, 3.8) is 0 Å². The SMILES string of the molecule is CC(C)(C)c1ccc(OC(O)(OCC(F)(F)F)C(C)(Oc2ccccc2)OC(C=O)(Oc2ccccc2)C(O)(Oc2ccccc2)Oc2ccccc2)c(C(C)(C)C)c1C(F)(F)F. The Morgan fingerprint density at radius 2 is 0.905 bits per heavy atom. The van der Waals surface area contributed by atoms with E-state index in [9.17, 15) is 28.2 Å². The van der Waals surface area contributed by atoms with Crippen LogP contribution in [-0.4, -0.2) is 52.8 Å². The summed E-state index contributed by atoms with van der Waals surface area (Å²) >= 11 is 0. The van der Waals surface area contributed by atoms with Crippen molar-refractivity contribution in [2.75, 3.05) is 6.61 Å². The average Bonchev–Trinajstić information content (AvgIpc) is 3.19. The van der Waals surface area contributed by atoms with E-state index in [1.54, 1.807) is 18.2 Å². The second-order valence-corrected chi connectivity index (χ2v) is 16.5.